The average Bonchev–Trinajstić information content (AvgIpc) is 2.70. The maximum absolute atomic E-state index is 12.4. The second-order valence-electron chi connectivity index (χ2n) is 5.70. The number of nitrogens with zero attached hydrogens (tertiary/aromatic N) is 2. The molecule has 0 aliphatic heterocycles. The van der Waals surface area contributed by atoms with Crippen LogP contribution in [0.25, 0.3) is 0 Å². The molecule has 10 heteroatoms. The molecule has 0 atom stereocenters. The zero-order valence-electron chi connectivity index (χ0n) is 14.5. The molecule has 0 saturated carbocycles. The minimum absolute atomic E-state index is 0.0119. The molecule has 0 fully saturated rings. The zero-order valence-corrected chi connectivity index (χ0v) is 16.9. The van der Waals surface area contributed by atoms with Crippen LogP contribution < -0.4 is 4.18 Å². The SMILES string of the molecule is O=[N+]([O-])c1ccc(N=Cc2cc(Cl)c(OS(=O)(=O)c3ccccc3)c(Cl)c2)cc1. The van der Waals surface area contributed by atoms with E-state index in [-0.39, 0.29) is 26.4 Å². The first kappa shape index (κ1) is 20.8. The van der Waals surface area contributed by atoms with Crippen molar-refractivity contribution in [1.82, 2.24) is 0 Å². The maximum atomic E-state index is 12.4. The van der Waals surface area contributed by atoms with Crippen LogP contribution in [0.1, 0.15) is 5.56 Å². The van der Waals surface area contributed by atoms with E-state index in [4.69, 9.17) is 27.4 Å². The molecule has 0 amide bonds. The number of hydrogen-bond donors (Lipinski definition) is 0. The lowest BCUT2D eigenvalue weighted by Gasteiger charge is -2.11. The van der Waals surface area contributed by atoms with Crippen molar-refractivity contribution in [2.75, 3.05) is 0 Å². The summed E-state index contributed by atoms with van der Waals surface area (Å²) in [5.41, 5.74) is 0.925. The highest BCUT2D eigenvalue weighted by Gasteiger charge is 2.20. The highest BCUT2D eigenvalue weighted by Crippen LogP contribution is 2.36. The fraction of sp³-hybridized carbons (Fsp3) is 0. The Morgan fingerprint density at radius 1 is 0.966 bits per heavy atom. The molecule has 0 aliphatic rings. The van der Waals surface area contributed by atoms with Crippen LogP contribution in [0.15, 0.2) is 76.6 Å². The molecule has 0 radical (unpaired) electrons. The maximum Gasteiger partial charge on any atom is 0.339 e. The summed E-state index contributed by atoms with van der Waals surface area (Å²) in [6, 6.07) is 16.1. The quantitative estimate of drug-likeness (QED) is 0.216. The van der Waals surface area contributed by atoms with Crippen LogP contribution in [0.3, 0.4) is 0 Å². The molecular weight excluding hydrogens is 439 g/mol. The van der Waals surface area contributed by atoms with E-state index in [1.807, 2.05) is 0 Å². The normalized spacial score (nSPS) is 11.5. The fourth-order valence-electron chi connectivity index (χ4n) is 2.29. The molecule has 0 saturated heterocycles. The standard InChI is InChI=1S/C19H12Cl2N2O5S/c20-17-10-13(12-22-14-6-8-15(9-7-14)23(24)25)11-18(21)19(17)28-29(26,27)16-4-2-1-3-5-16/h1-12H. The van der Waals surface area contributed by atoms with E-state index < -0.39 is 15.0 Å². The smallest absolute Gasteiger partial charge is 0.339 e. The molecule has 0 spiro atoms. The third-order valence-corrected chi connectivity index (χ3v) is 5.47. The Kier molecular flexibility index (Phi) is 6.17. The van der Waals surface area contributed by atoms with Gasteiger partial charge in [0.25, 0.3) is 5.69 Å². The lowest BCUT2D eigenvalue weighted by Crippen LogP contribution is -2.10. The number of halogens is 2. The Morgan fingerprint density at radius 2 is 1.55 bits per heavy atom. The zero-order chi connectivity index (χ0) is 21.0. The number of aliphatic imine (C=N–C) groups is 1. The Hall–Kier alpha value is -2.94. The topological polar surface area (TPSA) is 98.9 Å². The Bertz CT molecular complexity index is 1160. The summed E-state index contributed by atoms with van der Waals surface area (Å²) in [6.07, 6.45) is 1.44. The van der Waals surface area contributed by atoms with Gasteiger partial charge in [-0.15, -0.1) is 0 Å². The summed E-state index contributed by atoms with van der Waals surface area (Å²) >= 11 is 12.3. The Balaban J connectivity index is 1.83. The van der Waals surface area contributed by atoms with E-state index in [1.165, 1.54) is 54.7 Å². The highest BCUT2D eigenvalue weighted by atomic mass is 35.5. The predicted octanol–water partition coefficient (Wildman–Crippen LogP) is 5.42. The minimum atomic E-state index is -4.10. The summed E-state index contributed by atoms with van der Waals surface area (Å²) in [6.45, 7) is 0. The van der Waals surface area contributed by atoms with Gasteiger partial charge in [0.1, 0.15) is 4.90 Å². The molecule has 3 aromatic carbocycles. The van der Waals surface area contributed by atoms with Crippen LogP contribution in [-0.2, 0) is 10.1 Å². The molecule has 0 N–H and O–H groups in total. The molecule has 0 unspecified atom stereocenters. The number of rotatable bonds is 6. The molecule has 7 nitrogen and oxygen atoms in total. The van der Waals surface area contributed by atoms with E-state index in [0.29, 0.717) is 11.3 Å². The fourth-order valence-corrected chi connectivity index (χ4v) is 3.95. The van der Waals surface area contributed by atoms with Crippen LogP contribution in [0.4, 0.5) is 11.4 Å². The van der Waals surface area contributed by atoms with Gasteiger partial charge in [-0.3, -0.25) is 15.1 Å². The summed E-state index contributed by atoms with van der Waals surface area (Å²) < 4.78 is 29.8. The molecular formula is C19H12Cl2N2O5S. The summed E-state index contributed by atoms with van der Waals surface area (Å²) in [5.74, 6) is -0.190. The van der Waals surface area contributed by atoms with E-state index in [2.05, 4.69) is 4.99 Å². The van der Waals surface area contributed by atoms with E-state index in [0.717, 1.165) is 0 Å². The Morgan fingerprint density at radius 3 is 2.10 bits per heavy atom. The number of non-ortho nitro benzene ring substituents is 1. The molecule has 0 aliphatic carbocycles. The second-order valence-corrected chi connectivity index (χ2v) is 8.06. The van der Waals surface area contributed by atoms with Gasteiger partial charge in [0.2, 0.25) is 0 Å². The van der Waals surface area contributed by atoms with Crippen molar-refractivity contribution in [1.29, 1.82) is 0 Å². The first-order valence-corrected chi connectivity index (χ1v) is 10.2. The predicted molar refractivity (Wildman–Crippen MR) is 111 cm³/mol. The summed E-state index contributed by atoms with van der Waals surface area (Å²) in [5, 5.41) is 10.6. The van der Waals surface area contributed by atoms with Gasteiger partial charge in [0.05, 0.1) is 20.7 Å². The molecule has 148 valence electrons. The van der Waals surface area contributed by atoms with Crippen molar-refractivity contribution in [3.05, 3.63) is 92.5 Å². The van der Waals surface area contributed by atoms with Gasteiger partial charge in [-0.05, 0) is 42.0 Å². The average molecular weight is 451 g/mol. The molecule has 3 rings (SSSR count). The number of hydrogen-bond acceptors (Lipinski definition) is 6. The van der Waals surface area contributed by atoms with Crippen LogP contribution in [0.2, 0.25) is 10.0 Å². The Labute approximate surface area is 176 Å². The molecule has 0 bridgehead atoms. The van der Waals surface area contributed by atoms with Crippen molar-refractivity contribution in [2.24, 2.45) is 4.99 Å². The van der Waals surface area contributed by atoms with Crippen molar-refractivity contribution >= 4 is 50.9 Å². The van der Waals surface area contributed by atoms with Gasteiger partial charge in [0.15, 0.2) is 5.75 Å². The van der Waals surface area contributed by atoms with Gasteiger partial charge >= 0.3 is 10.1 Å². The van der Waals surface area contributed by atoms with Crippen molar-refractivity contribution in [2.45, 2.75) is 4.90 Å². The lowest BCUT2D eigenvalue weighted by atomic mass is 10.2. The largest absolute Gasteiger partial charge is 0.376 e. The summed E-state index contributed by atoms with van der Waals surface area (Å²) in [4.78, 5) is 14.3. The van der Waals surface area contributed by atoms with Crippen molar-refractivity contribution < 1.29 is 17.5 Å². The molecule has 0 aromatic heterocycles. The first-order chi connectivity index (χ1) is 13.8. The van der Waals surface area contributed by atoms with Gasteiger partial charge in [-0.2, -0.15) is 8.42 Å². The van der Waals surface area contributed by atoms with E-state index >= 15 is 0 Å². The van der Waals surface area contributed by atoms with Crippen molar-refractivity contribution in [3.8, 4) is 5.75 Å². The lowest BCUT2D eigenvalue weighted by molar-refractivity contribution is -0.384. The van der Waals surface area contributed by atoms with Gasteiger partial charge < -0.3 is 4.18 Å². The first-order valence-electron chi connectivity index (χ1n) is 8.03. The minimum Gasteiger partial charge on any atom is -0.376 e. The third kappa shape index (κ3) is 5.11. The third-order valence-electron chi connectivity index (χ3n) is 3.67. The number of nitro groups is 1. The van der Waals surface area contributed by atoms with Crippen LogP contribution in [-0.4, -0.2) is 19.6 Å². The van der Waals surface area contributed by atoms with Gasteiger partial charge in [0, 0.05) is 18.3 Å². The van der Waals surface area contributed by atoms with Crippen LogP contribution in [0.5, 0.6) is 5.75 Å². The van der Waals surface area contributed by atoms with E-state index in [9.17, 15) is 18.5 Å². The monoisotopic (exact) mass is 450 g/mol. The molecule has 29 heavy (non-hydrogen) atoms. The molecule has 3 aromatic rings. The van der Waals surface area contributed by atoms with Crippen LogP contribution in [0, 0.1) is 10.1 Å². The van der Waals surface area contributed by atoms with E-state index in [1.54, 1.807) is 18.2 Å². The number of benzene rings is 3. The van der Waals surface area contributed by atoms with Gasteiger partial charge in [-0.1, -0.05) is 41.4 Å². The van der Waals surface area contributed by atoms with Gasteiger partial charge in [-0.25, -0.2) is 0 Å². The highest BCUT2D eigenvalue weighted by molar-refractivity contribution is 7.87. The number of nitro benzene ring substituents is 1. The summed E-state index contributed by atoms with van der Waals surface area (Å²) in [7, 11) is -4.10. The molecule has 0 heterocycles. The second kappa shape index (κ2) is 8.60. The van der Waals surface area contributed by atoms with Crippen LogP contribution >= 0.6 is 23.2 Å². The van der Waals surface area contributed by atoms with Crippen molar-refractivity contribution in [3.63, 3.8) is 0 Å².